The smallest absolute Gasteiger partial charge is 0.305 e. The molecule has 0 spiro atoms. The van der Waals surface area contributed by atoms with Gasteiger partial charge in [0.25, 0.3) is 0 Å². The molecule has 0 saturated heterocycles. The Balaban J connectivity index is 1.63. The van der Waals surface area contributed by atoms with Crippen LogP contribution in [0.4, 0.5) is 0 Å². The van der Waals surface area contributed by atoms with E-state index < -0.39 is 0 Å². The lowest BCUT2D eigenvalue weighted by atomic mass is 10.00. The molecule has 8 nitrogen and oxygen atoms in total. The molecule has 0 unspecified atom stereocenters. The van der Waals surface area contributed by atoms with Gasteiger partial charge < -0.3 is 19.1 Å². The van der Waals surface area contributed by atoms with Crippen LogP contribution < -0.4 is 0 Å². The lowest BCUT2D eigenvalue weighted by molar-refractivity contribution is -0.141. The highest BCUT2D eigenvalue weighted by Gasteiger charge is 2.29. The minimum absolute atomic E-state index is 0.0530. The van der Waals surface area contributed by atoms with Crippen LogP contribution in [0.5, 0.6) is 0 Å². The van der Waals surface area contributed by atoms with E-state index in [-0.39, 0.29) is 24.1 Å². The van der Waals surface area contributed by atoms with Crippen molar-refractivity contribution in [3.05, 3.63) is 0 Å². The number of carbonyl (C=O) groups excluding carboxylic acids is 2. The first-order valence-corrected chi connectivity index (χ1v) is 7.67. The molecular weight excluding hydrogens is 304 g/mol. The van der Waals surface area contributed by atoms with Gasteiger partial charge in [0.1, 0.15) is 12.2 Å². The van der Waals surface area contributed by atoms with Crippen LogP contribution in [0, 0.1) is 0 Å². The van der Waals surface area contributed by atoms with Gasteiger partial charge in [0.05, 0.1) is 38.5 Å². The van der Waals surface area contributed by atoms with Crippen molar-refractivity contribution in [1.82, 2.24) is 0 Å². The number of hydrogen-bond donors (Lipinski definition) is 0. The first-order valence-electron chi connectivity index (χ1n) is 7.67. The molecule has 0 N–H and O–H groups in total. The van der Waals surface area contributed by atoms with Crippen molar-refractivity contribution in [1.29, 1.82) is 0 Å². The van der Waals surface area contributed by atoms with Gasteiger partial charge in [0.2, 0.25) is 0 Å². The normalized spacial score (nSPS) is 22.7. The Hall–Kier alpha value is -2.12. The van der Waals surface area contributed by atoms with Crippen LogP contribution in [0.15, 0.2) is 10.3 Å². The third kappa shape index (κ3) is 5.54. The highest BCUT2D eigenvalue weighted by molar-refractivity contribution is 5.89. The summed E-state index contributed by atoms with van der Waals surface area (Å²) in [7, 11) is 2.74. The second kappa shape index (κ2) is 8.50. The van der Waals surface area contributed by atoms with E-state index in [1.54, 1.807) is 0 Å². The number of hydrogen-bond acceptors (Lipinski definition) is 8. The number of rotatable bonds is 8. The van der Waals surface area contributed by atoms with Gasteiger partial charge in [-0.05, 0) is 12.8 Å². The lowest BCUT2D eigenvalue weighted by Gasteiger charge is -2.12. The predicted octanol–water partition coefficient (Wildman–Crippen LogP) is 1.57. The third-order valence-electron chi connectivity index (χ3n) is 3.80. The maximum atomic E-state index is 11.1. The summed E-state index contributed by atoms with van der Waals surface area (Å²) in [6.45, 7) is 0. The van der Waals surface area contributed by atoms with Gasteiger partial charge in [-0.3, -0.25) is 9.59 Å². The second-order valence-corrected chi connectivity index (χ2v) is 5.57. The van der Waals surface area contributed by atoms with E-state index in [4.69, 9.17) is 9.68 Å². The lowest BCUT2D eigenvalue weighted by Crippen LogP contribution is -2.19. The summed E-state index contributed by atoms with van der Waals surface area (Å²) in [4.78, 5) is 33.0. The summed E-state index contributed by atoms with van der Waals surface area (Å²) in [5, 5.41) is 8.02. The van der Waals surface area contributed by atoms with Crippen molar-refractivity contribution in [2.75, 3.05) is 14.2 Å². The maximum Gasteiger partial charge on any atom is 0.305 e. The maximum absolute atomic E-state index is 11.1. The average molecular weight is 326 g/mol. The Labute approximate surface area is 134 Å². The summed E-state index contributed by atoms with van der Waals surface area (Å²) >= 11 is 0. The van der Waals surface area contributed by atoms with Gasteiger partial charge >= 0.3 is 11.9 Å². The summed E-state index contributed by atoms with van der Waals surface area (Å²) in [5.74, 6) is -0.502. The Bertz CT molecular complexity index is 458. The Morgan fingerprint density at radius 1 is 0.957 bits per heavy atom. The molecule has 2 heterocycles. The van der Waals surface area contributed by atoms with E-state index in [9.17, 15) is 9.59 Å². The molecule has 0 bridgehead atoms. The number of nitrogens with zero attached hydrogens (tertiary/aromatic N) is 2. The molecule has 2 rings (SSSR count). The van der Waals surface area contributed by atoms with Crippen molar-refractivity contribution in [2.24, 2.45) is 10.3 Å². The SMILES string of the molecule is COC(=O)CCC1=NO[C@@H](C[C@H]2CC(CCC(=O)OC)=NO2)C1. The number of carbonyl (C=O) groups is 2. The fourth-order valence-electron chi connectivity index (χ4n) is 2.51. The summed E-state index contributed by atoms with van der Waals surface area (Å²) in [6.07, 6.45) is 3.67. The van der Waals surface area contributed by atoms with E-state index >= 15 is 0 Å². The van der Waals surface area contributed by atoms with Gasteiger partial charge in [0.15, 0.2) is 0 Å². The fourth-order valence-corrected chi connectivity index (χ4v) is 2.51. The van der Waals surface area contributed by atoms with Crippen LogP contribution in [-0.2, 0) is 28.7 Å². The summed E-state index contributed by atoms with van der Waals surface area (Å²) < 4.78 is 9.20. The molecule has 0 aromatic carbocycles. The molecule has 0 aromatic rings. The zero-order valence-corrected chi connectivity index (χ0v) is 13.4. The topological polar surface area (TPSA) is 95.8 Å². The van der Waals surface area contributed by atoms with Crippen molar-refractivity contribution in [3.8, 4) is 0 Å². The molecule has 0 fully saturated rings. The first kappa shape index (κ1) is 17.2. The van der Waals surface area contributed by atoms with Gasteiger partial charge in [-0.25, -0.2) is 0 Å². The molecule has 2 aliphatic heterocycles. The van der Waals surface area contributed by atoms with E-state index in [0.717, 1.165) is 11.4 Å². The zero-order valence-electron chi connectivity index (χ0n) is 13.4. The second-order valence-electron chi connectivity index (χ2n) is 5.57. The van der Waals surface area contributed by atoms with Crippen LogP contribution >= 0.6 is 0 Å². The molecular formula is C15H22N2O6. The number of ether oxygens (including phenoxy) is 2. The Morgan fingerprint density at radius 3 is 1.78 bits per heavy atom. The largest absolute Gasteiger partial charge is 0.469 e. The summed E-state index contributed by atoms with van der Waals surface area (Å²) in [5.41, 5.74) is 1.73. The average Bonchev–Trinajstić information content (AvgIpc) is 3.20. The van der Waals surface area contributed by atoms with Crippen LogP contribution in [0.2, 0.25) is 0 Å². The Morgan fingerprint density at radius 2 is 1.39 bits per heavy atom. The molecule has 2 aliphatic rings. The molecule has 128 valence electrons. The van der Waals surface area contributed by atoms with E-state index in [2.05, 4.69) is 19.8 Å². The standard InChI is InChI=1S/C15H22N2O6/c1-20-14(18)5-3-10-7-12(22-16-10)9-13-8-11(17-23-13)4-6-15(19)21-2/h12-13H,3-9H2,1-2H3/t12-,13-/m1/s1. The monoisotopic (exact) mass is 326 g/mol. The molecule has 23 heavy (non-hydrogen) atoms. The molecule has 0 aliphatic carbocycles. The van der Waals surface area contributed by atoms with E-state index in [1.807, 2.05) is 0 Å². The minimum Gasteiger partial charge on any atom is -0.469 e. The minimum atomic E-state index is -0.251. The quantitative estimate of drug-likeness (QED) is 0.628. The van der Waals surface area contributed by atoms with E-state index in [0.29, 0.717) is 44.9 Å². The van der Waals surface area contributed by atoms with Crippen molar-refractivity contribution in [3.63, 3.8) is 0 Å². The van der Waals surface area contributed by atoms with Crippen molar-refractivity contribution in [2.45, 2.75) is 57.2 Å². The molecule has 8 heteroatoms. The third-order valence-corrected chi connectivity index (χ3v) is 3.80. The van der Waals surface area contributed by atoms with Crippen LogP contribution in [-0.4, -0.2) is 49.8 Å². The summed E-state index contributed by atoms with van der Waals surface area (Å²) in [6, 6.07) is 0. The molecule has 2 atom stereocenters. The molecule has 0 aromatic heterocycles. The number of esters is 2. The first-order chi connectivity index (χ1) is 11.1. The van der Waals surface area contributed by atoms with Gasteiger partial charge in [-0.2, -0.15) is 0 Å². The number of oxime groups is 2. The van der Waals surface area contributed by atoms with E-state index in [1.165, 1.54) is 14.2 Å². The number of methoxy groups -OCH3 is 2. The van der Waals surface area contributed by atoms with Crippen LogP contribution in [0.1, 0.15) is 44.9 Å². The van der Waals surface area contributed by atoms with Crippen molar-refractivity contribution < 1.29 is 28.7 Å². The highest BCUT2D eigenvalue weighted by Crippen LogP contribution is 2.24. The molecule has 0 amide bonds. The van der Waals surface area contributed by atoms with Crippen LogP contribution in [0.3, 0.4) is 0 Å². The molecule has 0 saturated carbocycles. The van der Waals surface area contributed by atoms with Gasteiger partial charge in [-0.1, -0.05) is 10.3 Å². The Kier molecular flexibility index (Phi) is 6.37. The predicted molar refractivity (Wildman–Crippen MR) is 81.0 cm³/mol. The molecule has 0 radical (unpaired) electrons. The zero-order chi connectivity index (χ0) is 16.7. The van der Waals surface area contributed by atoms with Gasteiger partial charge in [0, 0.05) is 19.3 Å². The van der Waals surface area contributed by atoms with Crippen LogP contribution in [0.25, 0.3) is 0 Å². The highest BCUT2D eigenvalue weighted by atomic mass is 16.7. The van der Waals surface area contributed by atoms with Crippen molar-refractivity contribution >= 4 is 23.4 Å². The van der Waals surface area contributed by atoms with Gasteiger partial charge in [-0.15, -0.1) is 0 Å². The fraction of sp³-hybridized carbons (Fsp3) is 0.733.